The summed E-state index contributed by atoms with van der Waals surface area (Å²) in [6, 6.07) is 9.89. The second-order valence-corrected chi connectivity index (χ2v) is 9.30. The van der Waals surface area contributed by atoms with E-state index in [-0.39, 0.29) is 12.0 Å². The maximum absolute atomic E-state index is 13.1. The summed E-state index contributed by atoms with van der Waals surface area (Å²) in [6.07, 6.45) is 5.83. The second-order valence-electron chi connectivity index (χ2n) is 8.90. The highest BCUT2D eigenvalue weighted by atomic mass is 35.5. The molecule has 2 aliphatic rings. The lowest BCUT2D eigenvalue weighted by molar-refractivity contribution is 0.0529. The number of rotatable bonds is 6. The number of morpholine rings is 1. The lowest BCUT2D eigenvalue weighted by atomic mass is 10.1. The quantitative estimate of drug-likeness (QED) is 0.588. The zero-order valence-corrected chi connectivity index (χ0v) is 19.7. The predicted octanol–water partition coefficient (Wildman–Crippen LogP) is 4.26. The fourth-order valence-electron chi connectivity index (χ4n) is 4.21. The average Bonchev–Trinajstić information content (AvgIpc) is 3.57. The maximum atomic E-state index is 13.1. The van der Waals surface area contributed by atoms with Crippen molar-refractivity contribution >= 4 is 23.3 Å². The number of carbonyl (C=O) groups is 1. The van der Waals surface area contributed by atoms with Gasteiger partial charge in [-0.25, -0.2) is 9.67 Å². The molecule has 1 saturated heterocycles. The molecule has 5 rings (SSSR count). The molecule has 3 aromatic rings. The minimum atomic E-state index is -0.118. The van der Waals surface area contributed by atoms with Gasteiger partial charge in [0.25, 0.3) is 5.91 Å². The number of benzene rings is 1. The Morgan fingerprint density at radius 1 is 1.24 bits per heavy atom. The topological polar surface area (TPSA) is 72.3 Å². The molecule has 3 heterocycles. The number of anilines is 1. The average molecular weight is 466 g/mol. The summed E-state index contributed by atoms with van der Waals surface area (Å²) in [5, 5.41) is 8.26. The van der Waals surface area contributed by atoms with Crippen LogP contribution in [0.5, 0.6) is 0 Å². The van der Waals surface area contributed by atoms with E-state index in [0.717, 1.165) is 54.3 Å². The molecule has 1 atom stereocenters. The zero-order valence-electron chi connectivity index (χ0n) is 18.9. The Labute approximate surface area is 198 Å². The van der Waals surface area contributed by atoms with Crippen LogP contribution in [0.15, 0.2) is 42.7 Å². The van der Waals surface area contributed by atoms with Gasteiger partial charge in [0.2, 0.25) is 0 Å². The Morgan fingerprint density at radius 3 is 2.79 bits per heavy atom. The number of aromatic nitrogens is 3. The van der Waals surface area contributed by atoms with E-state index in [4.69, 9.17) is 16.3 Å². The van der Waals surface area contributed by atoms with Crippen molar-refractivity contribution in [3.63, 3.8) is 0 Å². The molecule has 2 aromatic heterocycles. The van der Waals surface area contributed by atoms with Crippen molar-refractivity contribution in [2.45, 2.75) is 45.3 Å². The number of hydrogen-bond donors (Lipinski definition) is 1. The summed E-state index contributed by atoms with van der Waals surface area (Å²) >= 11 is 6.33. The van der Waals surface area contributed by atoms with Crippen molar-refractivity contribution in [2.75, 3.05) is 24.6 Å². The van der Waals surface area contributed by atoms with Crippen molar-refractivity contribution in [1.29, 1.82) is 0 Å². The molecule has 1 unspecified atom stereocenters. The highest BCUT2D eigenvalue weighted by Crippen LogP contribution is 2.42. The van der Waals surface area contributed by atoms with E-state index in [1.54, 1.807) is 6.20 Å². The summed E-state index contributed by atoms with van der Waals surface area (Å²) in [6.45, 7) is 6.85. The Kier molecular flexibility index (Phi) is 6.08. The highest BCUT2D eigenvalue weighted by Gasteiger charge is 2.33. The Morgan fingerprint density at radius 2 is 2.09 bits per heavy atom. The first-order valence-electron chi connectivity index (χ1n) is 11.4. The molecule has 1 aliphatic heterocycles. The van der Waals surface area contributed by atoms with Crippen molar-refractivity contribution in [2.24, 2.45) is 0 Å². The molecule has 1 saturated carbocycles. The van der Waals surface area contributed by atoms with Crippen molar-refractivity contribution < 1.29 is 9.53 Å². The smallest absolute Gasteiger partial charge is 0.255 e. The van der Waals surface area contributed by atoms with E-state index < -0.39 is 0 Å². The van der Waals surface area contributed by atoms with Gasteiger partial charge in [-0.15, -0.1) is 0 Å². The Bertz CT molecular complexity index is 1160. The molecule has 33 heavy (non-hydrogen) atoms. The molecular weight excluding hydrogens is 438 g/mol. The summed E-state index contributed by atoms with van der Waals surface area (Å²) < 4.78 is 7.46. The van der Waals surface area contributed by atoms with E-state index in [2.05, 4.69) is 27.2 Å². The fraction of sp³-hybridized carbons (Fsp3) is 0.400. The molecule has 1 aromatic carbocycles. The van der Waals surface area contributed by atoms with E-state index in [9.17, 15) is 4.79 Å². The normalized spacial score (nSPS) is 18.4. The van der Waals surface area contributed by atoms with Crippen LogP contribution in [-0.2, 0) is 11.3 Å². The van der Waals surface area contributed by atoms with Crippen LogP contribution in [0.4, 0.5) is 5.82 Å². The standard InChI is InChI=1S/C25H28ClN5O2/c1-16-3-7-20(11-22(16)26)31-24(19-5-6-19)21(14-29-31)25(32)28-13-18-4-8-23(27-12-18)30-9-10-33-17(2)15-30/h3-4,7-8,11-12,14,17,19H,5-6,9-10,13,15H2,1-2H3,(H,28,32). The van der Waals surface area contributed by atoms with Gasteiger partial charge in [0.1, 0.15) is 5.82 Å². The first-order valence-corrected chi connectivity index (χ1v) is 11.8. The number of carbonyl (C=O) groups excluding carboxylic acids is 1. The van der Waals surface area contributed by atoms with Crippen LogP contribution in [-0.4, -0.2) is 46.5 Å². The molecule has 1 amide bonds. The molecule has 0 spiro atoms. The molecule has 0 radical (unpaired) electrons. The van der Waals surface area contributed by atoms with Crippen LogP contribution < -0.4 is 10.2 Å². The Balaban J connectivity index is 1.28. The molecular formula is C25H28ClN5O2. The number of amides is 1. The predicted molar refractivity (Wildman–Crippen MR) is 128 cm³/mol. The maximum Gasteiger partial charge on any atom is 0.255 e. The van der Waals surface area contributed by atoms with Crippen molar-refractivity contribution in [3.8, 4) is 5.69 Å². The van der Waals surface area contributed by atoms with Crippen LogP contribution in [0.25, 0.3) is 5.69 Å². The summed E-state index contributed by atoms with van der Waals surface area (Å²) in [5.41, 5.74) is 4.44. The van der Waals surface area contributed by atoms with E-state index in [1.807, 2.05) is 48.1 Å². The van der Waals surface area contributed by atoms with E-state index in [0.29, 0.717) is 29.7 Å². The lowest BCUT2D eigenvalue weighted by Crippen LogP contribution is -2.41. The van der Waals surface area contributed by atoms with Gasteiger partial charge in [0, 0.05) is 36.8 Å². The molecule has 172 valence electrons. The largest absolute Gasteiger partial charge is 0.375 e. The number of ether oxygens (including phenoxy) is 1. The number of halogens is 1. The summed E-state index contributed by atoms with van der Waals surface area (Å²) in [4.78, 5) is 19.9. The minimum absolute atomic E-state index is 0.118. The fourth-order valence-corrected chi connectivity index (χ4v) is 4.39. The minimum Gasteiger partial charge on any atom is -0.375 e. The molecule has 0 bridgehead atoms. The monoisotopic (exact) mass is 465 g/mol. The van der Waals surface area contributed by atoms with Crippen LogP contribution in [0.3, 0.4) is 0 Å². The van der Waals surface area contributed by atoms with Gasteiger partial charge in [-0.3, -0.25) is 4.79 Å². The SMILES string of the molecule is Cc1ccc(-n2ncc(C(=O)NCc3ccc(N4CCOC(C)C4)nc3)c2C2CC2)cc1Cl. The summed E-state index contributed by atoms with van der Waals surface area (Å²) in [7, 11) is 0. The Hall–Kier alpha value is -2.90. The van der Waals surface area contributed by atoms with E-state index in [1.165, 1.54) is 0 Å². The number of pyridine rings is 1. The van der Waals surface area contributed by atoms with Crippen LogP contribution in [0.2, 0.25) is 5.02 Å². The van der Waals surface area contributed by atoms with Gasteiger partial charge in [0.15, 0.2) is 0 Å². The van der Waals surface area contributed by atoms with Gasteiger partial charge < -0.3 is 15.0 Å². The number of aryl methyl sites for hydroxylation is 1. The molecule has 1 aliphatic carbocycles. The first kappa shape index (κ1) is 21.9. The third kappa shape index (κ3) is 4.75. The van der Waals surface area contributed by atoms with Crippen molar-refractivity contribution in [3.05, 3.63) is 70.1 Å². The molecule has 7 nitrogen and oxygen atoms in total. The van der Waals surface area contributed by atoms with Gasteiger partial charge in [-0.1, -0.05) is 23.7 Å². The summed E-state index contributed by atoms with van der Waals surface area (Å²) in [5.74, 6) is 1.17. The highest BCUT2D eigenvalue weighted by molar-refractivity contribution is 6.31. The van der Waals surface area contributed by atoms with Gasteiger partial charge in [0.05, 0.1) is 35.9 Å². The van der Waals surface area contributed by atoms with Gasteiger partial charge in [-0.05, 0) is 56.0 Å². The van der Waals surface area contributed by atoms with Crippen LogP contribution in [0.1, 0.15) is 52.9 Å². The van der Waals surface area contributed by atoms with E-state index >= 15 is 0 Å². The first-order chi connectivity index (χ1) is 16.0. The molecule has 8 heteroatoms. The lowest BCUT2D eigenvalue weighted by Gasteiger charge is -2.32. The van der Waals surface area contributed by atoms with Gasteiger partial charge >= 0.3 is 0 Å². The number of hydrogen-bond acceptors (Lipinski definition) is 5. The third-order valence-electron chi connectivity index (χ3n) is 6.24. The second kappa shape index (κ2) is 9.15. The van der Waals surface area contributed by atoms with Crippen LogP contribution >= 0.6 is 11.6 Å². The number of nitrogens with zero attached hydrogens (tertiary/aromatic N) is 4. The van der Waals surface area contributed by atoms with Gasteiger partial charge in [-0.2, -0.15) is 5.10 Å². The zero-order chi connectivity index (χ0) is 22.9. The van der Waals surface area contributed by atoms with Crippen molar-refractivity contribution in [1.82, 2.24) is 20.1 Å². The third-order valence-corrected chi connectivity index (χ3v) is 6.65. The molecule has 2 fully saturated rings. The van der Waals surface area contributed by atoms with Crippen LogP contribution in [0, 0.1) is 6.92 Å². The molecule has 1 N–H and O–H groups in total. The number of nitrogens with one attached hydrogen (secondary N) is 1.